The van der Waals surface area contributed by atoms with E-state index in [1.165, 1.54) is 24.7 Å². The molecule has 1 amide bonds. The molecule has 1 aromatic heterocycles. The molecule has 14 heteroatoms. The molecule has 8 rings (SSSR count). The number of rotatable bonds is 9. The molecule has 13 nitrogen and oxygen atoms in total. The lowest BCUT2D eigenvalue weighted by Crippen LogP contribution is -2.76. The van der Waals surface area contributed by atoms with Crippen LogP contribution in [0.1, 0.15) is 90.1 Å². The molecule has 4 saturated carbocycles. The van der Waals surface area contributed by atoms with Gasteiger partial charge in [-0.2, -0.15) is 4.89 Å². The number of ether oxygens (including phenoxy) is 3. The van der Waals surface area contributed by atoms with Gasteiger partial charge in [-0.1, -0.05) is 27.7 Å². The number of fused-ring (bicyclic) bond motifs is 1. The summed E-state index contributed by atoms with van der Waals surface area (Å²) in [5.41, 5.74) is -0.0988. The molecule has 1 spiro atoms. The maximum absolute atomic E-state index is 13.2. The number of aliphatic hydroxyl groups excluding tert-OH is 3. The molecule has 3 heterocycles. The van der Waals surface area contributed by atoms with Gasteiger partial charge in [0.05, 0.1) is 34.4 Å². The number of carbonyl (C=O) groups excluding carboxylic acids is 1. The van der Waals surface area contributed by atoms with Crippen LogP contribution in [0.15, 0.2) is 12.1 Å². The summed E-state index contributed by atoms with van der Waals surface area (Å²) >= 11 is 1.45. The first-order valence-electron chi connectivity index (χ1n) is 17.4. The predicted octanol–water partition coefficient (Wildman–Crippen LogP) is 3.50. The Morgan fingerprint density at radius 1 is 1.10 bits per heavy atom. The highest BCUT2D eigenvalue weighted by Crippen LogP contribution is 2.69. The lowest BCUT2D eigenvalue weighted by Gasteiger charge is -2.68. The molecule has 49 heavy (non-hydrogen) atoms. The molecular formula is C35H48N2O11S. The number of aliphatic hydroxyl groups is 3. The Balaban J connectivity index is 1.35. The Morgan fingerprint density at radius 2 is 1.76 bits per heavy atom. The third-order valence-corrected chi connectivity index (χ3v) is 13.1. The average molecular weight is 705 g/mol. The van der Waals surface area contributed by atoms with Crippen LogP contribution in [0.25, 0.3) is 10.2 Å². The van der Waals surface area contributed by atoms with E-state index >= 15 is 0 Å². The number of hydrogen-bond acceptors (Lipinski definition) is 12. The number of benzene rings is 1. The minimum atomic E-state index is -2.54. The normalized spacial score (nSPS) is 39.5. The molecule has 0 radical (unpaired) electrons. The fourth-order valence-electron chi connectivity index (χ4n) is 9.49. The van der Waals surface area contributed by atoms with E-state index in [4.69, 9.17) is 29.0 Å². The van der Waals surface area contributed by atoms with Crippen molar-refractivity contribution in [3.63, 3.8) is 0 Å². The zero-order valence-electron chi connectivity index (χ0n) is 28.8. The van der Waals surface area contributed by atoms with E-state index in [9.17, 15) is 30.0 Å². The Labute approximate surface area is 289 Å². The number of amides is 1. The van der Waals surface area contributed by atoms with E-state index in [0.717, 1.165) is 30.7 Å². The molecule has 4 bridgehead atoms. The third kappa shape index (κ3) is 5.32. The Kier molecular flexibility index (Phi) is 8.63. The van der Waals surface area contributed by atoms with Gasteiger partial charge in [-0.3, -0.25) is 4.79 Å². The highest BCUT2D eigenvalue weighted by atomic mass is 32.1. The monoisotopic (exact) mass is 704 g/mol. The van der Waals surface area contributed by atoms with Crippen LogP contribution in [0.2, 0.25) is 0 Å². The van der Waals surface area contributed by atoms with Crippen molar-refractivity contribution in [3.8, 4) is 5.75 Å². The summed E-state index contributed by atoms with van der Waals surface area (Å²) in [4.78, 5) is 42.4. The molecule has 6 aliphatic rings. The molecule has 5 N–H and O–H groups in total. The van der Waals surface area contributed by atoms with Gasteiger partial charge in [-0.05, 0) is 74.3 Å². The summed E-state index contributed by atoms with van der Waals surface area (Å²) < 4.78 is 19.5. The van der Waals surface area contributed by atoms with Crippen molar-refractivity contribution >= 4 is 33.4 Å². The van der Waals surface area contributed by atoms with Crippen molar-refractivity contribution < 1.29 is 54.0 Å². The van der Waals surface area contributed by atoms with E-state index in [2.05, 4.69) is 5.32 Å². The fraction of sp³-hybridized carbons (Fsp3) is 0.743. The molecule has 2 saturated heterocycles. The fourth-order valence-corrected chi connectivity index (χ4v) is 10.6. The van der Waals surface area contributed by atoms with Crippen LogP contribution in [0.4, 0.5) is 0 Å². The number of aliphatic carboxylic acids is 1. The number of aromatic nitrogens is 1. The summed E-state index contributed by atoms with van der Waals surface area (Å²) in [5.74, 6) is -4.11. The van der Waals surface area contributed by atoms with Gasteiger partial charge in [0.25, 0.3) is 5.79 Å². The van der Waals surface area contributed by atoms with E-state index in [0.29, 0.717) is 27.6 Å². The van der Waals surface area contributed by atoms with Crippen LogP contribution in [0.3, 0.4) is 0 Å². The van der Waals surface area contributed by atoms with E-state index < -0.39 is 65.9 Å². The van der Waals surface area contributed by atoms with Crippen LogP contribution >= 0.6 is 11.3 Å². The zero-order valence-corrected chi connectivity index (χ0v) is 29.6. The van der Waals surface area contributed by atoms with Gasteiger partial charge in [0, 0.05) is 25.0 Å². The van der Waals surface area contributed by atoms with Gasteiger partial charge in [-0.25, -0.2) is 14.7 Å². The number of nitrogens with one attached hydrogen (secondary N) is 1. The third-order valence-electron chi connectivity index (χ3n) is 11.6. The maximum atomic E-state index is 13.2. The van der Waals surface area contributed by atoms with Crippen molar-refractivity contribution in [2.45, 2.75) is 133 Å². The lowest BCUT2D eigenvalue weighted by atomic mass is 9.47. The number of thiazole rings is 1. The molecule has 270 valence electrons. The molecule has 6 fully saturated rings. The van der Waals surface area contributed by atoms with Crippen molar-refractivity contribution in [1.29, 1.82) is 0 Å². The van der Waals surface area contributed by atoms with Crippen molar-refractivity contribution in [1.82, 2.24) is 10.3 Å². The molecule has 7 atom stereocenters. The predicted molar refractivity (Wildman–Crippen MR) is 175 cm³/mol. The molecule has 4 aliphatic carbocycles. The number of methoxy groups -OCH3 is 1. The number of carboxylic acid groups (broad SMARTS) is 1. The molecular weight excluding hydrogens is 656 g/mol. The molecule has 7 unspecified atom stereocenters. The maximum Gasteiger partial charge on any atom is 0.377 e. The van der Waals surface area contributed by atoms with Crippen LogP contribution in [-0.4, -0.2) is 86.2 Å². The highest BCUT2D eigenvalue weighted by Gasteiger charge is 2.76. The Bertz CT molecular complexity index is 1590. The summed E-state index contributed by atoms with van der Waals surface area (Å²) in [7, 11) is 1.60. The van der Waals surface area contributed by atoms with E-state index in [1.54, 1.807) is 20.1 Å². The van der Waals surface area contributed by atoms with Gasteiger partial charge in [0.15, 0.2) is 11.4 Å². The average Bonchev–Trinajstić information content (AvgIpc) is 3.47. The van der Waals surface area contributed by atoms with Gasteiger partial charge < -0.3 is 40.0 Å². The van der Waals surface area contributed by atoms with Gasteiger partial charge in [-0.15, -0.1) is 11.3 Å². The first-order chi connectivity index (χ1) is 23.1. The SMILES string of the molecule is CCC(O)C(O)C1OC(Oc2cc(C3(OC)OOC34C3CC5CC(C3)CC4C5)cc3sc(C(C)(C)C)nc23)(C(=O)O)CC(O)C1NC(C)=O. The summed E-state index contributed by atoms with van der Waals surface area (Å²) in [6, 6.07) is 2.39. The Hall–Kier alpha value is -2.43. The minimum absolute atomic E-state index is 0.0574. The van der Waals surface area contributed by atoms with E-state index in [-0.39, 0.29) is 29.4 Å². The van der Waals surface area contributed by atoms with Crippen molar-refractivity contribution in [2.75, 3.05) is 7.11 Å². The molecule has 2 aromatic rings. The van der Waals surface area contributed by atoms with Gasteiger partial charge >= 0.3 is 11.8 Å². The van der Waals surface area contributed by atoms with Crippen LogP contribution < -0.4 is 10.1 Å². The number of carbonyl (C=O) groups is 2. The topological polar surface area (TPSA) is 186 Å². The van der Waals surface area contributed by atoms with Gasteiger partial charge in [0.2, 0.25) is 5.91 Å². The quantitative estimate of drug-likeness (QED) is 0.240. The highest BCUT2D eigenvalue weighted by molar-refractivity contribution is 7.18. The first kappa shape index (κ1) is 35.0. The lowest BCUT2D eigenvalue weighted by molar-refractivity contribution is -0.645. The summed E-state index contributed by atoms with van der Waals surface area (Å²) in [5, 5.41) is 47.1. The van der Waals surface area contributed by atoms with Crippen molar-refractivity contribution in [2.24, 2.45) is 23.7 Å². The van der Waals surface area contributed by atoms with Crippen LogP contribution in [0.5, 0.6) is 5.75 Å². The molecule has 2 aliphatic heterocycles. The van der Waals surface area contributed by atoms with Gasteiger partial charge in [0.1, 0.15) is 17.7 Å². The number of hydrogen-bond donors (Lipinski definition) is 5. The van der Waals surface area contributed by atoms with Crippen LogP contribution in [0, 0.1) is 23.7 Å². The zero-order chi connectivity index (χ0) is 35.3. The second-order valence-corrected chi connectivity index (χ2v) is 16.9. The Morgan fingerprint density at radius 3 is 2.27 bits per heavy atom. The smallest absolute Gasteiger partial charge is 0.377 e. The van der Waals surface area contributed by atoms with Crippen molar-refractivity contribution in [3.05, 3.63) is 22.7 Å². The second kappa shape index (κ2) is 12.1. The van der Waals surface area contributed by atoms with E-state index in [1.807, 2.05) is 26.8 Å². The largest absolute Gasteiger partial charge is 0.476 e. The second-order valence-electron chi connectivity index (χ2n) is 15.9. The summed E-state index contributed by atoms with van der Waals surface area (Å²) in [6.07, 6.45) is -1.21. The standard InChI is InChI=1S/C35H48N2O11S/c1-7-22(39)28(41)29-26(36-16(2)38)23(40)15-33(46-29,31(42)43)45-24-13-21(14-25-27(24)37-30(49-25)32(3,4)5)35(44-6)34(47-48-35)19-9-17-8-18(11-19)12-20(34)10-17/h13-14,17-20,22-23,26,28-29,39-41H,7-12,15H2,1-6H3,(H,36,38)(H,42,43). The number of carboxylic acids is 1. The first-order valence-corrected chi connectivity index (χ1v) is 18.2. The van der Waals surface area contributed by atoms with Crippen LogP contribution in [-0.2, 0) is 40.0 Å². The molecule has 1 aromatic carbocycles. The number of nitrogens with zero attached hydrogens (tertiary/aromatic N) is 1. The minimum Gasteiger partial charge on any atom is -0.476 e. The summed E-state index contributed by atoms with van der Waals surface area (Å²) in [6.45, 7) is 8.95.